The molecule has 1 unspecified atom stereocenters. The van der Waals surface area contributed by atoms with Gasteiger partial charge in [-0.05, 0) is 13.3 Å². The lowest BCUT2D eigenvalue weighted by Crippen LogP contribution is -2.22. The zero-order valence-electron chi connectivity index (χ0n) is 9.36. The Balaban J connectivity index is 2.27. The highest BCUT2D eigenvalue weighted by atomic mass is 16.5. The van der Waals surface area contributed by atoms with Crippen LogP contribution in [-0.4, -0.2) is 40.1 Å². The fraction of sp³-hybridized carbons (Fsp3) is 0.600. The van der Waals surface area contributed by atoms with Crippen LogP contribution in [0.25, 0.3) is 0 Å². The van der Waals surface area contributed by atoms with Crippen molar-refractivity contribution in [2.24, 2.45) is 7.05 Å². The van der Waals surface area contributed by atoms with Crippen molar-refractivity contribution in [2.75, 3.05) is 18.5 Å². The minimum atomic E-state index is -0.952. The fourth-order valence-corrected chi connectivity index (χ4v) is 1.92. The van der Waals surface area contributed by atoms with E-state index in [1.54, 1.807) is 18.7 Å². The molecule has 0 bridgehead atoms. The summed E-state index contributed by atoms with van der Waals surface area (Å²) in [5.41, 5.74) is 0.769. The second kappa shape index (κ2) is 4.13. The number of aromatic carboxylic acids is 1. The predicted molar refractivity (Wildman–Crippen MR) is 57.8 cm³/mol. The van der Waals surface area contributed by atoms with Gasteiger partial charge in [0, 0.05) is 13.7 Å². The van der Waals surface area contributed by atoms with Crippen LogP contribution in [0.4, 0.5) is 5.82 Å². The second-order valence-corrected chi connectivity index (χ2v) is 3.94. The second-order valence-electron chi connectivity index (χ2n) is 3.94. The fourth-order valence-electron chi connectivity index (χ4n) is 1.92. The maximum atomic E-state index is 11.1. The molecular weight excluding hydrogens is 210 g/mol. The van der Waals surface area contributed by atoms with E-state index in [-0.39, 0.29) is 11.6 Å². The van der Waals surface area contributed by atoms with Gasteiger partial charge in [-0.25, -0.2) is 4.79 Å². The highest BCUT2D eigenvalue weighted by molar-refractivity contribution is 5.94. The van der Waals surface area contributed by atoms with Crippen LogP contribution >= 0.6 is 0 Å². The van der Waals surface area contributed by atoms with Crippen molar-refractivity contribution >= 4 is 11.8 Å². The molecule has 0 amide bonds. The van der Waals surface area contributed by atoms with Crippen LogP contribution in [0, 0.1) is 6.92 Å². The van der Waals surface area contributed by atoms with Gasteiger partial charge in [0.15, 0.2) is 0 Å². The van der Waals surface area contributed by atoms with Crippen LogP contribution in [0.15, 0.2) is 0 Å². The summed E-state index contributed by atoms with van der Waals surface area (Å²) in [5.74, 6) is -0.396. The summed E-state index contributed by atoms with van der Waals surface area (Å²) in [5, 5.41) is 16.4. The standard InChI is InChI=1S/C10H15N3O3/c1-6-8(10(14)15)9(13(2)12-6)11-7-3-4-16-5-7/h7,11H,3-5H2,1-2H3,(H,14,15). The van der Waals surface area contributed by atoms with Crippen molar-refractivity contribution in [3.63, 3.8) is 0 Å². The number of anilines is 1. The van der Waals surface area contributed by atoms with Crippen molar-refractivity contribution < 1.29 is 14.6 Å². The molecule has 1 aliphatic rings. The van der Waals surface area contributed by atoms with Crippen molar-refractivity contribution in [1.29, 1.82) is 0 Å². The van der Waals surface area contributed by atoms with Crippen molar-refractivity contribution in [1.82, 2.24) is 9.78 Å². The molecule has 0 saturated carbocycles. The SMILES string of the molecule is Cc1nn(C)c(NC2CCOC2)c1C(=O)O. The maximum absolute atomic E-state index is 11.1. The minimum Gasteiger partial charge on any atom is -0.477 e. The first-order valence-electron chi connectivity index (χ1n) is 5.20. The van der Waals surface area contributed by atoms with Crippen LogP contribution < -0.4 is 5.32 Å². The van der Waals surface area contributed by atoms with Gasteiger partial charge in [0.2, 0.25) is 0 Å². The molecule has 1 saturated heterocycles. The van der Waals surface area contributed by atoms with E-state index in [0.717, 1.165) is 13.0 Å². The first-order valence-corrected chi connectivity index (χ1v) is 5.20. The van der Waals surface area contributed by atoms with E-state index in [2.05, 4.69) is 10.4 Å². The Morgan fingerprint density at radius 3 is 3.00 bits per heavy atom. The minimum absolute atomic E-state index is 0.174. The average Bonchev–Trinajstić information content (AvgIpc) is 2.76. The molecule has 0 aliphatic carbocycles. The number of aromatic nitrogens is 2. The van der Waals surface area contributed by atoms with E-state index >= 15 is 0 Å². The van der Waals surface area contributed by atoms with E-state index in [1.165, 1.54) is 0 Å². The number of nitrogens with one attached hydrogen (secondary N) is 1. The summed E-state index contributed by atoms with van der Waals surface area (Å²) >= 11 is 0. The topological polar surface area (TPSA) is 76.4 Å². The lowest BCUT2D eigenvalue weighted by Gasteiger charge is -2.12. The van der Waals surface area contributed by atoms with Gasteiger partial charge in [-0.15, -0.1) is 0 Å². The molecule has 1 aliphatic heterocycles. The summed E-state index contributed by atoms with van der Waals surface area (Å²) in [4.78, 5) is 11.1. The number of carboxylic acid groups (broad SMARTS) is 1. The van der Waals surface area contributed by atoms with Gasteiger partial charge in [0.25, 0.3) is 0 Å². The molecule has 2 N–H and O–H groups in total. The normalized spacial score (nSPS) is 20.0. The molecule has 0 spiro atoms. The van der Waals surface area contributed by atoms with Gasteiger partial charge in [0.05, 0.1) is 18.3 Å². The van der Waals surface area contributed by atoms with E-state index in [1.807, 2.05) is 0 Å². The largest absolute Gasteiger partial charge is 0.477 e. The quantitative estimate of drug-likeness (QED) is 0.789. The maximum Gasteiger partial charge on any atom is 0.341 e. The Bertz CT molecular complexity index is 408. The highest BCUT2D eigenvalue weighted by Gasteiger charge is 2.23. The first kappa shape index (κ1) is 10.9. The van der Waals surface area contributed by atoms with Gasteiger partial charge in [-0.3, -0.25) is 4.68 Å². The zero-order chi connectivity index (χ0) is 11.7. The molecule has 16 heavy (non-hydrogen) atoms. The van der Waals surface area contributed by atoms with E-state index in [9.17, 15) is 4.79 Å². The van der Waals surface area contributed by atoms with Gasteiger partial charge in [-0.2, -0.15) is 5.10 Å². The van der Waals surface area contributed by atoms with Crippen molar-refractivity contribution in [3.05, 3.63) is 11.3 Å². The average molecular weight is 225 g/mol. The summed E-state index contributed by atoms with van der Waals surface area (Å²) in [6.07, 6.45) is 0.892. The predicted octanol–water partition coefficient (Wildman–Crippen LogP) is 0.628. The van der Waals surface area contributed by atoms with Gasteiger partial charge in [-0.1, -0.05) is 0 Å². The summed E-state index contributed by atoms with van der Waals surface area (Å²) in [7, 11) is 1.73. The highest BCUT2D eigenvalue weighted by Crippen LogP contribution is 2.21. The first-order chi connectivity index (χ1) is 7.59. The molecular formula is C10H15N3O3. The van der Waals surface area contributed by atoms with Crippen LogP contribution in [0.5, 0.6) is 0 Å². The third-order valence-corrected chi connectivity index (χ3v) is 2.71. The molecule has 1 aromatic heterocycles. The Hall–Kier alpha value is -1.56. The van der Waals surface area contributed by atoms with Gasteiger partial charge in [0.1, 0.15) is 11.4 Å². The molecule has 6 heteroatoms. The molecule has 6 nitrogen and oxygen atoms in total. The Labute approximate surface area is 93.2 Å². The van der Waals surface area contributed by atoms with Gasteiger partial charge < -0.3 is 15.2 Å². The van der Waals surface area contributed by atoms with E-state index in [0.29, 0.717) is 18.1 Å². The van der Waals surface area contributed by atoms with Crippen LogP contribution in [0.2, 0.25) is 0 Å². The smallest absolute Gasteiger partial charge is 0.341 e. The van der Waals surface area contributed by atoms with Crippen molar-refractivity contribution in [3.8, 4) is 0 Å². The third kappa shape index (κ3) is 1.88. The Morgan fingerprint density at radius 2 is 2.44 bits per heavy atom. The Kier molecular flexibility index (Phi) is 2.82. The monoisotopic (exact) mass is 225 g/mol. The molecule has 0 radical (unpaired) electrons. The summed E-state index contributed by atoms with van der Waals surface area (Å²) in [6, 6.07) is 0.174. The number of carboxylic acids is 1. The third-order valence-electron chi connectivity index (χ3n) is 2.71. The van der Waals surface area contributed by atoms with Crippen molar-refractivity contribution in [2.45, 2.75) is 19.4 Å². The van der Waals surface area contributed by atoms with Crippen LogP contribution in [-0.2, 0) is 11.8 Å². The van der Waals surface area contributed by atoms with E-state index in [4.69, 9.17) is 9.84 Å². The lowest BCUT2D eigenvalue weighted by atomic mass is 10.2. The number of hydrogen-bond donors (Lipinski definition) is 2. The number of nitrogens with zero attached hydrogens (tertiary/aromatic N) is 2. The number of hydrogen-bond acceptors (Lipinski definition) is 4. The molecule has 1 aromatic rings. The van der Waals surface area contributed by atoms with E-state index < -0.39 is 5.97 Å². The number of aryl methyl sites for hydroxylation is 2. The van der Waals surface area contributed by atoms with Crippen LogP contribution in [0.3, 0.4) is 0 Å². The zero-order valence-corrected chi connectivity index (χ0v) is 9.36. The van der Waals surface area contributed by atoms with Crippen LogP contribution in [0.1, 0.15) is 22.5 Å². The number of carbonyl (C=O) groups is 1. The Morgan fingerprint density at radius 1 is 1.69 bits per heavy atom. The molecule has 2 rings (SSSR count). The molecule has 88 valence electrons. The summed E-state index contributed by atoms with van der Waals surface area (Å²) in [6.45, 7) is 3.03. The summed E-state index contributed by atoms with van der Waals surface area (Å²) < 4.78 is 6.80. The van der Waals surface area contributed by atoms with Gasteiger partial charge >= 0.3 is 5.97 Å². The molecule has 1 atom stereocenters. The molecule has 2 heterocycles. The number of ether oxygens (including phenoxy) is 1. The number of rotatable bonds is 3. The lowest BCUT2D eigenvalue weighted by molar-refractivity contribution is 0.0697. The molecule has 0 aromatic carbocycles. The molecule has 1 fully saturated rings.